The van der Waals surface area contributed by atoms with E-state index in [1.54, 1.807) is 24.6 Å². The first kappa shape index (κ1) is 25.2. The van der Waals surface area contributed by atoms with Gasteiger partial charge in [0.25, 0.3) is 0 Å². The molecule has 0 unspecified atom stereocenters. The minimum Gasteiger partial charge on any atom is -0.494 e. The smallest absolute Gasteiger partial charge is 0.416 e. The molecule has 1 N–H and O–H groups in total. The number of aliphatic hydroxyl groups is 1. The molecule has 4 rings (SSSR count). The van der Waals surface area contributed by atoms with Crippen LogP contribution in [0.25, 0.3) is 12.2 Å². The fourth-order valence-corrected chi connectivity index (χ4v) is 3.61. The Hall–Kier alpha value is -3.85. The summed E-state index contributed by atoms with van der Waals surface area (Å²) in [6, 6.07) is 12.8. The minimum absolute atomic E-state index is 0.0790. The lowest BCUT2D eigenvalue weighted by atomic mass is 10.1. The van der Waals surface area contributed by atoms with Crippen molar-refractivity contribution in [2.75, 3.05) is 6.61 Å². The lowest BCUT2D eigenvalue weighted by Gasteiger charge is -2.09. The van der Waals surface area contributed by atoms with Gasteiger partial charge in [-0.25, -0.2) is 9.97 Å². The number of rotatable bonds is 11. The Labute approximate surface area is 206 Å². The van der Waals surface area contributed by atoms with Gasteiger partial charge in [-0.2, -0.15) is 13.2 Å². The van der Waals surface area contributed by atoms with Crippen molar-refractivity contribution in [2.24, 2.45) is 0 Å². The Kier molecular flexibility index (Phi) is 8.22. The topological polar surface area (TPSA) is 73.3 Å². The summed E-state index contributed by atoms with van der Waals surface area (Å²) >= 11 is 0. The van der Waals surface area contributed by atoms with Crippen LogP contribution in [0.2, 0.25) is 0 Å². The van der Waals surface area contributed by atoms with E-state index in [2.05, 4.69) is 9.97 Å². The normalized spacial score (nSPS) is 11.9. The molecule has 0 saturated carbocycles. The summed E-state index contributed by atoms with van der Waals surface area (Å²) in [5.41, 5.74) is 1.88. The summed E-state index contributed by atoms with van der Waals surface area (Å²) in [4.78, 5) is 8.50. The van der Waals surface area contributed by atoms with Crippen LogP contribution in [0.15, 0.2) is 71.6 Å². The second kappa shape index (κ2) is 11.7. The molecule has 0 bridgehead atoms. The first-order chi connectivity index (χ1) is 17.4. The Balaban J connectivity index is 1.20. The van der Waals surface area contributed by atoms with E-state index in [0.29, 0.717) is 30.3 Å². The van der Waals surface area contributed by atoms with Crippen LogP contribution in [0, 0.1) is 0 Å². The van der Waals surface area contributed by atoms with Crippen molar-refractivity contribution < 1.29 is 27.4 Å². The zero-order valence-electron chi connectivity index (χ0n) is 19.5. The standard InChI is InChI=1S/C27H26F3N3O3/c28-27(29,30)22-8-2-20(3-9-22)7-13-26-32-23(19-36-26)10-4-21-5-11-24(12-6-21)35-17-1-15-33-16-14-31-25(33)18-34/h2-3,5-9,11-14,16,19,34H,1,4,10,15,17-18H2/b13-7+. The molecule has 0 atom stereocenters. The number of hydrogen-bond donors (Lipinski definition) is 1. The predicted octanol–water partition coefficient (Wildman–Crippen LogP) is 5.81. The number of ether oxygens (including phenoxy) is 1. The van der Waals surface area contributed by atoms with Crippen LogP contribution in [0.3, 0.4) is 0 Å². The van der Waals surface area contributed by atoms with E-state index in [4.69, 9.17) is 9.15 Å². The number of nitrogens with zero attached hydrogens (tertiary/aromatic N) is 3. The van der Waals surface area contributed by atoms with E-state index in [-0.39, 0.29) is 6.61 Å². The van der Waals surface area contributed by atoms with Crippen LogP contribution in [0.1, 0.15) is 40.5 Å². The van der Waals surface area contributed by atoms with Gasteiger partial charge in [-0.05, 0) is 60.7 Å². The van der Waals surface area contributed by atoms with E-state index < -0.39 is 11.7 Å². The van der Waals surface area contributed by atoms with Crippen LogP contribution >= 0.6 is 0 Å². The van der Waals surface area contributed by atoms with Gasteiger partial charge >= 0.3 is 6.18 Å². The van der Waals surface area contributed by atoms with Gasteiger partial charge in [0, 0.05) is 25.0 Å². The molecule has 0 saturated heterocycles. The first-order valence-electron chi connectivity index (χ1n) is 11.5. The van der Waals surface area contributed by atoms with Gasteiger partial charge in [-0.1, -0.05) is 24.3 Å². The zero-order chi connectivity index (χ0) is 25.4. The summed E-state index contributed by atoms with van der Waals surface area (Å²) in [6.07, 6.45) is 6.32. The van der Waals surface area contributed by atoms with Gasteiger partial charge in [0.1, 0.15) is 24.4 Å². The van der Waals surface area contributed by atoms with Crippen LogP contribution in [-0.2, 0) is 32.2 Å². The van der Waals surface area contributed by atoms with Crippen molar-refractivity contribution in [3.8, 4) is 5.75 Å². The summed E-state index contributed by atoms with van der Waals surface area (Å²) in [7, 11) is 0. The second-order valence-electron chi connectivity index (χ2n) is 8.17. The molecule has 0 spiro atoms. The third-order valence-electron chi connectivity index (χ3n) is 5.57. The van der Waals surface area contributed by atoms with Crippen LogP contribution in [0.4, 0.5) is 13.2 Å². The number of oxazole rings is 1. The minimum atomic E-state index is -4.35. The van der Waals surface area contributed by atoms with Gasteiger partial charge in [-0.15, -0.1) is 0 Å². The third-order valence-corrected chi connectivity index (χ3v) is 5.57. The Morgan fingerprint density at radius 3 is 2.50 bits per heavy atom. The summed E-state index contributed by atoms with van der Waals surface area (Å²) < 4.78 is 51.1. The fraction of sp³-hybridized carbons (Fsp3) is 0.259. The summed E-state index contributed by atoms with van der Waals surface area (Å²) in [5, 5.41) is 9.23. The lowest BCUT2D eigenvalue weighted by molar-refractivity contribution is -0.137. The first-order valence-corrected chi connectivity index (χ1v) is 11.5. The number of imidazole rings is 1. The highest BCUT2D eigenvalue weighted by Crippen LogP contribution is 2.29. The number of halogens is 3. The van der Waals surface area contributed by atoms with Gasteiger partial charge in [0.05, 0.1) is 17.9 Å². The van der Waals surface area contributed by atoms with Crippen molar-refractivity contribution in [3.63, 3.8) is 0 Å². The van der Waals surface area contributed by atoms with Gasteiger partial charge in [0.15, 0.2) is 0 Å². The average Bonchev–Trinajstić information content (AvgIpc) is 3.53. The molecule has 6 nitrogen and oxygen atoms in total. The zero-order valence-corrected chi connectivity index (χ0v) is 19.5. The van der Waals surface area contributed by atoms with Crippen molar-refractivity contribution in [2.45, 2.75) is 38.6 Å². The SMILES string of the molecule is OCc1nccn1CCCOc1ccc(CCc2coc(/C=C/c3ccc(C(F)(F)F)cc3)n2)cc1. The molecule has 2 heterocycles. The molecule has 0 aliphatic heterocycles. The number of hydrogen-bond acceptors (Lipinski definition) is 5. The van der Waals surface area contributed by atoms with Gasteiger partial charge < -0.3 is 18.8 Å². The van der Waals surface area contributed by atoms with E-state index >= 15 is 0 Å². The maximum absolute atomic E-state index is 12.7. The largest absolute Gasteiger partial charge is 0.494 e. The maximum atomic E-state index is 12.7. The lowest BCUT2D eigenvalue weighted by Crippen LogP contribution is -2.07. The van der Waals surface area contributed by atoms with Crippen molar-refractivity contribution in [1.29, 1.82) is 0 Å². The molecule has 0 amide bonds. The fourth-order valence-electron chi connectivity index (χ4n) is 3.61. The van der Waals surface area contributed by atoms with Gasteiger partial charge in [0.2, 0.25) is 5.89 Å². The molecule has 4 aromatic rings. The van der Waals surface area contributed by atoms with Crippen LogP contribution < -0.4 is 4.74 Å². The number of benzene rings is 2. The molecular weight excluding hydrogens is 471 g/mol. The molecule has 2 aromatic carbocycles. The summed E-state index contributed by atoms with van der Waals surface area (Å²) in [5.74, 6) is 1.84. The van der Waals surface area contributed by atoms with Crippen molar-refractivity contribution >= 4 is 12.2 Å². The van der Waals surface area contributed by atoms with E-state index in [0.717, 1.165) is 48.5 Å². The molecule has 36 heavy (non-hydrogen) atoms. The monoisotopic (exact) mass is 497 g/mol. The van der Waals surface area contributed by atoms with Crippen LogP contribution in [-0.4, -0.2) is 26.2 Å². The van der Waals surface area contributed by atoms with E-state index in [1.165, 1.54) is 12.1 Å². The molecule has 0 fully saturated rings. The Bertz CT molecular complexity index is 1260. The summed E-state index contributed by atoms with van der Waals surface area (Å²) in [6.45, 7) is 1.21. The third kappa shape index (κ3) is 7.08. The molecule has 2 aromatic heterocycles. The highest BCUT2D eigenvalue weighted by Gasteiger charge is 2.29. The number of aromatic nitrogens is 3. The number of aryl methyl sites for hydroxylation is 3. The second-order valence-corrected chi connectivity index (χ2v) is 8.17. The maximum Gasteiger partial charge on any atom is 0.416 e. The highest BCUT2D eigenvalue weighted by molar-refractivity contribution is 5.66. The van der Waals surface area contributed by atoms with Crippen molar-refractivity contribution in [3.05, 3.63) is 101 Å². The average molecular weight is 498 g/mol. The van der Waals surface area contributed by atoms with E-state index in [9.17, 15) is 18.3 Å². The van der Waals surface area contributed by atoms with Gasteiger partial charge in [-0.3, -0.25) is 0 Å². The molecule has 0 aliphatic rings. The Morgan fingerprint density at radius 1 is 1.00 bits per heavy atom. The molecule has 188 valence electrons. The highest BCUT2D eigenvalue weighted by atomic mass is 19.4. The molecular formula is C27H26F3N3O3. The molecule has 0 aliphatic carbocycles. The number of alkyl halides is 3. The molecule has 9 heteroatoms. The predicted molar refractivity (Wildman–Crippen MR) is 129 cm³/mol. The van der Waals surface area contributed by atoms with Crippen molar-refractivity contribution in [1.82, 2.24) is 14.5 Å². The van der Waals surface area contributed by atoms with Crippen LogP contribution in [0.5, 0.6) is 5.75 Å². The molecule has 0 radical (unpaired) electrons. The quantitative estimate of drug-likeness (QED) is 0.265. The Morgan fingerprint density at radius 2 is 1.78 bits per heavy atom. The number of aliphatic hydroxyl groups excluding tert-OH is 1. The van der Waals surface area contributed by atoms with E-state index in [1.807, 2.05) is 35.0 Å².